The SMILES string of the molecule is CCc1ccc(-c2ccc(-c3ccc(C4CCC4)cc3)c(F)c2F)s1. The normalized spacial score (nSPS) is 14.5. The van der Waals surface area contributed by atoms with Crippen molar-refractivity contribution in [3.63, 3.8) is 0 Å². The summed E-state index contributed by atoms with van der Waals surface area (Å²) in [6.07, 6.45) is 4.66. The van der Waals surface area contributed by atoms with Gasteiger partial charge in [0, 0.05) is 20.9 Å². The first-order chi connectivity index (χ1) is 12.2. The van der Waals surface area contributed by atoms with Crippen LogP contribution in [-0.2, 0) is 6.42 Å². The van der Waals surface area contributed by atoms with Crippen LogP contribution in [0.2, 0.25) is 0 Å². The number of rotatable bonds is 4. The number of hydrogen-bond donors (Lipinski definition) is 0. The second-order valence-corrected chi connectivity index (χ2v) is 7.83. The molecule has 1 fully saturated rings. The molecule has 0 spiro atoms. The predicted octanol–water partition coefficient (Wildman–Crippen LogP) is 7.19. The molecule has 0 nitrogen and oxygen atoms in total. The number of benzene rings is 2. The Kier molecular flexibility index (Phi) is 4.43. The standard InChI is InChI=1S/C22H20F2S/c1-2-17-10-13-20(25-17)19-12-11-18(21(23)22(19)24)16-8-6-15(7-9-16)14-4-3-5-14/h6-14H,2-5H2,1H3. The molecule has 1 heterocycles. The van der Waals surface area contributed by atoms with E-state index in [-0.39, 0.29) is 0 Å². The monoisotopic (exact) mass is 354 g/mol. The molecule has 0 saturated heterocycles. The molecule has 128 valence electrons. The quantitative estimate of drug-likeness (QED) is 0.465. The van der Waals surface area contributed by atoms with Crippen LogP contribution >= 0.6 is 11.3 Å². The predicted molar refractivity (Wildman–Crippen MR) is 101 cm³/mol. The molecule has 3 heteroatoms. The fourth-order valence-electron chi connectivity index (χ4n) is 3.35. The first-order valence-electron chi connectivity index (χ1n) is 8.84. The summed E-state index contributed by atoms with van der Waals surface area (Å²) in [7, 11) is 0. The Balaban J connectivity index is 1.67. The molecule has 25 heavy (non-hydrogen) atoms. The molecule has 4 rings (SSSR count). The third kappa shape index (κ3) is 3.02. The summed E-state index contributed by atoms with van der Waals surface area (Å²) in [5.74, 6) is -0.880. The van der Waals surface area contributed by atoms with Crippen LogP contribution in [-0.4, -0.2) is 0 Å². The Morgan fingerprint density at radius 2 is 1.56 bits per heavy atom. The average Bonchev–Trinajstić information content (AvgIpc) is 3.05. The second kappa shape index (κ2) is 6.72. The summed E-state index contributed by atoms with van der Waals surface area (Å²) in [5, 5.41) is 0. The summed E-state index contributed by atoms with van der Waals surface area (Å²) in [5.41, 5.74) is 2.70. The smallest absolute Gasteiger partial charge is 0.168 e. The Hall–Kier alpha value is -2.00. The lowest BCUT2D eigenvalue weighted by molar-refractivity contribution is 0.420. The molecule has 1 aromatic heterocycles. The minimum absolute atomic E-state index is 0.327. The Bertz CT molecular complexity index is 889. The van der Waals surface area contributed by atoms with E-state index in [1.54, 1.807) is 12.1 Å². The van der Waals surface area contributed by atoms with Crippen molar-refractivity contribution in [2.75, 3.05) is 0 Å². The maximum absolute atomic E-state index is 14.7. The molecule has 0 bridgehead atoms. The van der Waals surface area contributed by atoms with Gasteiger partial charge in [-0.25, -0.2) is 8.78 Å². The van der Waals surface area contributed by atoms with Gasteiger partial charge in [-0.3, -0.25) is 0 Å². The van der Waals surface area contributed by atoms with Gasteiger partial charge in [0.1, 0.15) is 0 Å². The van der Waals surface area contributed by atoms with Crippen molar-refractivity contribution in [3.8, 4) is 21.6 Å². The molecular weight excluding hydrogens is 334 g/mol. The van der Waals surface area contributed by atoms with Crippen molar-refractivity contribution < 1.29 is 8.78 Å². The third-order valence-corrected chi connectivity index (χ3v) is 6.42. The number of thiophene rings is 1. The summed E-state index contributed by atoms with van der Waals surface area (Å²) in [4.78, 5) is 1.95. The van der Waals surface area contributed by atoms with E-state index < -0.39 is 11.6 Å². The summed E-state index contributed by atoms with van der Waals surface area (Å²) in [6.45, 7) is 2.06. The third-order valence-electron chi connectivity index (χ3n) is 5.16. The van der Waals surface area contributed by atoms with Gasteiger partial charge >= 0.3 is 0 Å². The van der Waals surface area contributed by atoms with E-state index in [0.717, 1.165) is 16.9 Å². The van der Waals surface area contributed by atoms with Crippen molar-refractivity contribution in [2.45, 2.75) is 38.5 Å². The van der Waals surface area contributed by atoms with Gasteiger partial charge in [-0.1, -0.05) is 43.7 Å². The van der Waals surface area contributed by atoms with Crippen molar-refractivity contribution in [3.05, 3.63) is 70.6 Å². The van der Waals surface area contributed by atoms with Crippen molar-refractivity contribution in [2.24, 2.45) is 0 Å². The van der Waals surface area contributed by atoms with Gasteiger partial charge < -0.3 is 0 Å². The van der Waals surface area contributed by atoms with Gasteiger partial charge in [-0.05, 0) is 54.5 Å². The molecule has 1 aliphatic carbocycles. The molecule has 0 aliphatic heterocycles. The van der Waals surface area contributed by atoms with Gasteiger partial charge in [-0.2, -0.15) is 0 Å². The van der Waals surface area contributed by atoms with Crippen molar-refractivity contribution in [1.29, 1.82) is 0 Å². The Labute approximate surface area is 151 Å². The van der Waals surface area contributed by atoms with Crippen LogP contribution in [0.3, 0.4) is 0 Å². The highest BCUT2D eigenvalue weighted by Gasteiger charge is 2.20. The minimum Gasteiger partial charge on any atom is -0.203 e. The molecule has 3 aromatic rings. The zero-order chi connectivity index (χ0) is 17.4. The van der Waals surface area contributed by atoms with Crippen LogP contribution in [0.25, 0.3) is 21.6 Å². The van der Waals surface area contributed by atoms with Crippen LogP contribution in [0.5, 0.6) is 0 Å². The zero-order valence-corrected chi connectivity index (χ0v) is 15.0. The van der Waals surface area contributed by atoms with E-state index in [1.807, 2.05) is 24.3 Å². The molecular formula is C22H20F2S. The van der Waals surface area contributed by atoms with Crippen molar-refractivity contribution in [1.82, 2.24) is 0 Å². The van der Waals surface area contributed by atoms with Crippen LogP contribution in [0.4, 0.5) is 8.78 Å². The molecule has 1 saturated carbocycles. The maximum atomic E-state index is 14.7. The van der Waals surface area contributed by atoms with Gasteiger partial charge in [0.05, 0.1) is 0 Å². The summed E-state index contributed by atoms with van der Waals surface area (Å²) < 4.78 is 29.3. The molecule has 1 aliphatic rings. The zero-order valence-electron chi connectivity index (χ0n) is 14.2. The molecule has 2 aromatic carbocycles. The highest BCUT2D eigenvalue weighted by Crippen LogP contribution is 2.38. The van der Waals surface area contributed by atoms with E-state index in [9.17, 15) is 8.78 Å². The van der Waals surface area contributed by atoms with Crippen LogP contribution in [0.1, 0.15) is 42.5 Å². The van der Waals surface area contributed by atoms with Gasteiger partial charge in [0.15, 0.2) is 11.6 Å². The maximum Gasteiger partial charge on any atom is 0.168 e. The van der Waals surface area contributed by atoms with Gasteiger partial charge in [-0.15, -0.1) is 11.3 Å². The molecule has 0 unspecified atom stereocenters. The van der Waals surface area contributed by atoms with Gasteiger partial charge in [0.25, 0.3) is 0 Å². The number of hydrogen-bond acceptors (Lipinski definition) is 1. The lowest BCUT2D eigenvalue weighted by Crippen LogP contribution is -2.08. The second-order valence-electron chi connectivity index (χ2n) is 6.66. The summed E-state index contributed by atoms with van der Waals surface area (Å²) in [6, 6.07) is 15.2. The van der Waals surface area contributed by atoms with Crippen molar-refractivity contribution >= 4 is 11.3 Å². The first-order valence-corrected chi connectivity index (χ1v) is 9.66. The molecule has 0 atom stereocenters. The Morgan fingerprint density at radius 3 is 2.16 bits per heavy atom. The van der Waals surface area contributed by atoms with Crippen LogP contribution < -0.4 is 0 Å². The van der Waals surface area contributed by atoms with Crippen LogP contribution in [0, 0.1) is 11.6 Å². The number of aryl methyl sites for hydroxylation is 1. The fourth-order valence-corrected chi connectivity index (χ4v) is 4.32. The van der Waals surface area contributed by atoms with E-state index in [2.05, 4.69) is 19.1 Å². The molecule has 0 amide bonds. The van der Waals surface area contributed by atoms with E-state index in [4.69, 9.17) is 0 Å². The highest BCUT2D eigenvalue weighted by molar-refractivity contribution is 7.15. The van der Waals surface area contributed by atoms with Crippen LogP contribution in [0.15, 0.2) is 48.5 Å². The van der Waals surface area contributed by atoms with E-state index >= 15 is 0 Å². The highest BCUT2D eigenvalue weighted by atomic mass is 32.1. The molecule has 0 radical (unpaired) electrons. The lowest BCUT2D eigenvalue weighted by Gasteiger charge is -2.25. The Morgan fingerprint density at radius 1 is 0.880 bits per heavy atom. The summed E-state index contributed by atoms with van der Waals surface area (Å²) >= 11 is 1.52. The topological polar surface area (TPSA) is 0 Å². The average molecular weight is 354 g/mol. The first kappa shape index (κ1) is 16.5. The van der Waals surface area contributed by atoms with E-state index in [0.29, 0.717) is 17.0 Å². The fraction of sp³-hybridized carbons (Fsp3) is 0.273. The largest absolute Gasteiger partial charge is 0.203 e. The van der Waals surface area contributed by atoms with Gasteiger partial charge in [0.2, 0.25) is 0 Å². The van der Waals surface area contributed by atoms with E-state index in [1.165, 1.54) is 41.0 Å². The number of halogens is 2. The lowest BCUT2D eigenvalue weighted by atomic mass is 9.80. The molecule has 0 N–H and O–H groups in total. The minimum atomic E-state index is -0.764.